The summed E-state index contributed by atoms with van der Waals surface area (Å²) in [5.74, 6) is 1.92. The molecule has 0 spiro atoms. The number of ether oxygens (including phenoxy) is 1. The Morgan fingerprint density at radius 3 is 1.07 bits per heavy atom. The second-order valence-electron chi connectivity index (χ2n) is 18.1. The van der Waals surface area contributed by atoms with Gasteiger partial charge in [0.1, 0.15) is 51.1 Å². The molecule has 14 heteroatoms. The van der Waals surface area contributed by atoms with Crippen molar-refractivity contribution in [2.75, 3.05) is 21.3 Å². The molecule has 76 heavy (non-hydrogen) atoms. The van der Waals surface area contributed by atoms with Gasteiger partial charge in [0.05, 0.1) is 5.39 Å². The van der Waals surface area contributed by atoms with Crippen LogP contribution in [-0.4, -0.2) is 39.9 Å². The molecule has 3 aromatic heterocycles. The van der Waals surface area contributed by atoms with Gasteiger partial charge in [-0.05, 0) is 54.6 Å². The number of aromatic amines is 2. The Morgan fingerprint density at radius 2 is 0.645 bits per heavy atom. The van der Waals surface area contributed by atoms with Crippen LogP contribution < -0.4 is 26.0 Å². The summed E-state index contributed by atoms with van der Waals surface area (Å²) in [6, 6.07) is 67.7. The van der Waals surface area contributed by atoms with Crippen LogP contribution in [0.25, 0.3) is 89.7 Å². The Labute approximate surface area is 433 Å². The highest BCUT2D eigenvalue weighted by molar-refractivity contribution is 6.09. The highest BCUT2D eigenvalue weighted by Crippen LogP contribution is 2.53. The van der Waals surface area contributed by atoms with Crippen LogP contribution in [0.4, 0.5) is 49.9 Å². The summed E-state index contributed by atoms with van der Waals surface area (Å²) in [5, 5.41) is 17.0. The Balaban J connectivity index is 1.08. The molecule has 0 fully saturated rings. The first-order valence-corrected chi connectivity index (χ1v) is 24.6. The molecule has 9 aromatic carbocycles. The Kier molecular flexibility index (Phi) is 10.7. The molecule has 0 radical (unpaired) electrons. The van der Waals surface area contributed by atoms with Crippen molar-refractivity contribution in [1.82, 2.24) is 39.9 Å². The van der Waals surface area contributed by atoms with Gasteiger partial charge >= 0.3 is 0 Å². The maximum absolute atomic E-state index is 18.2. The van der Waals surface area contributed by atoms with E-state index in [1.807, 2.05) is 212 Å². The summed E-state index contributed by atoms with van der Waals surface area (Å²) in [4.78, 5) is 38.3. The zero-order chi connectivity index (χ0) is 50.5. The third-order valence-electron chi connectivity index (χ3n) is 13.3. The highest BCUT2D eigenvalue weighted by Gasteiger charge is 2.30. The molecule has 8 bridgehead atoms. The van der Waals surface area contributed by atoms with Gasteiger partial charge in [0.15, 0.2) is 34.9 Å². The predicted molar refractivity (Wildman–Crippen MR) is 301 cm³/mol. The number of hydrogen-bond acceptors (Lipinski definition) is 11. The van der Waals surface area contributed by atoms with E-state index in [0.29, 0.717) is 96.5 Å². The summed E-state index contributed by atoms with van der Waals surface area (Å²) < 4.78 is 25.7. The van der Waals surface area contributed by atoms with Crippen LogP contribution in [0.5, 0.6) is 11.5 Å². The van der Waals surface area contributed by atoms with E-state index in [4.69, 9.17) is 34.6 Å². The summed E-state index contributed by atoms with van der Waals surface area (Å²) >= 11 is 0. The average Bonchev–Trinajstić information content (AvgIpc) is 4.29. The Morgan fingerprint density at radius 1 is 0.316 bits per heavy atom. The second-order valence-corrected chi connectivity index (χ2v) is 18.1. The molecule has 2 aliphatic heterocycles. The van der Waals surface area contributed by atoms with E-state index in [0.717, 1.165) is 33.0 Å². The maximum Gasteiger partial charge on any atom is 0.178 e. The van der Waals surface area contributed by atoms with Crippen LogP contribution in [0.15, 0.2) is 212 Å². The largest absolute Gasteiger partial charge is 0.452 e. The molecule has 14 rings (SSSR count). The average molecular weight is 989 g/mol. The monoisotopic (exact) mass is 988 g/mol. The predicted octanol–water partition coefficient (Wildman–Crippen LogP) is 15.8. The fourth-order valence-corrected chi connectivity index (χ4v) is 9.79. The zero-order valence-electron chi connectivity index (χ0n) is 40.2. The number of rotatable bonds is 10. The molecule has 0 unspecified atom stereocenters. The summed E-state index contributed by atoms with van der Waals surface area (Å²) in [7, 11) is 0. The SMILES string of the molecule is Fc1c(Nc2ccccc2)c(Nc2ccccc2)c(Oc2cccc3c4nc5nc(nc6[nH]c(nc7nc(nc([nH]4)c23)-c2ccccc2-7)c2ccccc62)-c2ccccc2-5)c(Nc2ccccc2)c1Nc1ccccc1. The van der Waals surface area contributed by atoms with Crippen LogP contribution in [0, 0.1) is 5.82 Å². The molecule has 13 nitrogen and oxygen atoms in total. The zero-order valence-corrected chi connectivity index (χ0v) is 40.2. The van der Waals surface area contributed by atoms with Crippen LogP contribution in [-0.2, 0) is 0 Å². The van der Waals surface area contributed by atoms with Crippen molar-refractivity contribution in [2.45, 2.75) is 0 Å². The van der Waals surface area contributed by atoms with Crippen LogP contribution in [0.3, 0.4) is 0 Å². The van der Waals surface area contributed by atoms with E-state index in [-0.39, 0.29) is 17.1 Å². The van der Waals surface area contributed by atoms with Gasteiger partial charge in [-0.3, -0.25) is 0 Å². The van der Waals surface area contributed by atoms with Gasteiger partial charge in [-0.15, -0.1) is 0 Å². The van der Waals surface area contributed by atoms with Gasteiger partial charge in [-0.25, -0.2) is 34.3 Å². The molecule has 362 valence electrons. The van der Waals surface area contributed by atoms with Gasteiger partial charge in [0.2, 0.25) is 0 Å². The topological polar surface area (TPSA) is 166 Å². The minimum absolute atomic E-state index is 0.127. The lowest BCUT2D eigenvalue weighted by molar-refractivity contribution is 0.492. The van der Waals surface area contributed by atoms with Gasteiger partial charge < -0.3 is 36.0 Å². The van der Waals surface area contributed by atoms with E-state index in [2.05, 4.69) is 31.2 Å². The third kappa shape index (κ3) is 7.90. The number of H-pyrrole nitrogens is 2. The summed E-state index contributed by atoms with van der Waals surface area (Å²) in [5.41, 5.74) is 8.88. The van der Waals surface area contributed by atoms with E-state index in [9.17, 15) is 0 Å². The van der Waals surface area contributed by atoms with Crippen molar-refractivity contribution >= 4 is 89.6 Å². The number of nitrogens with zero attached hydrogens (tertiary/aromatic N) is 6. The first-order chi connectivity index (χ1) is 37.6. The smallest absolute Gasteiger partial charge is 0.178 e. The third-order valence-corrected chi connectivity index (χ3v) is 13.3. The first-order valence-electron chi connectivity index (χ1n) is 24.6. The molecule has 0 amide bonds. The Hall–Kier alpha value is -10.7. The standard InChI is InChI=1S/C62H41FN12O/c63-49-50(64-36-20-5-1-6-21-36)52(66-38-24-9-3-10-25-38)54(53(67-39-26-11-4-12-27-39)51(49)65-37-22-7-2-8-23-37)76-47-35-19-34-46-48(47)62-74-60-45-33-18-17-32-44(45)58(72-60)70-56-41-29-14-13-28-40(41)55(68-56)69-57-42-30-15-16-31-43(42)59(71-57)73-61(46)75-62/h1-35,64-67H,(H2,68,69,70,71,72,73,74,75). The molecule has 12 aromatic rings. The van der Waals surface area contributed by atoms with Crippen molar-refractivity contribution in [3.63, 3.8) is 0 Å². The first kappa shape index (κ1) is 44.0. The number of nitrogens with one attached hydrogen (secondary N) is 6. The highest BCUT2D eigenvalue weighted by atomic mass is 19.1. The molecule has 0 aliphatic carbocycles. The minimum Gasteiger partial charge on any atom is -0.452 e. The van der Waals surface area contributed by atoms with Crippen LogP contribution in [0.2, 0.25) is 0 Å². The number of aromatic nitrogens is 8. The quantitative estimate of drug-likeness (QED) is 0.0772. The lowest BCUT2D eigenvalue weighted by Gasteiger charge is -2.26. The molecule has 0 atom stereocenters. The Bertz CT molecular complexity index is 4290. The van der Waals surface area contributed by atoms with Gasteiger partial charge in [-0.2, -0.15) is 0 Å². The van der Waals surface area contributed by atoms with Gasteiger partial charge in [-0.1, -0.05) is 158 Å². The number of para-hydroxylation sites is 4. The molecule has 6 N–H and O–H groups in total. The normalized spacial score (nSPS) is 11.5. The molecule has 2 aliphatic rings. The number of benzene rings is 9. The number of fused-ring (bicyclic) bond motifs is 20. The lowest BCUT2D eigenvalue weighted by Crippen LogP contribution is -2.09. The number of hydrogen-bond donors (Lipinski definition) is 6. The van der Waals surface area contributed by atoms with Crippen molar-refractivity contribution in [2.24, 2.45) is 0 Å². The summed E-state index contributed by atoms with van der Waals surface area (Å²) in [6.07, 6.45) is 0. The lowest BCUT2D eigenvalue weighted by atomic mass is 10.1. The van der Waals surface area contributed by atoms with E-state index >= 15 is 4.39 Å². The number of anilines is 8. The van der Waals surface area contributed by atoms with Gasteiger partial charge in [0.25, 0.3) is 0 Å². The van der Waals surface area contributed by atoms with E-state index in [1.54, 1.807) is 0 Å². The van der Waals surface area contributed by atoms with E-state index < -0.39 is 5.82 Å². The second kappa shape index (κ2) is 18.4. The minimum atomic E-state index is -0.572. The van der Waals surface area contributed by atoms with Crippen molar-refractivity contribution in [1.29, 1.82) is 0 Å². The molecule has 0 saturated carbocycles. The van der Waals surface area contributed by atoms with Gasteiger partial charge in [0, 0.05) is 61.2 Å². The fourth-order valence-electron chi connectivity index (χ4n) is 9.79. The fraction of sp³-hybridized carbons (Fsp3) is 0. The van der Waals surface area contributed by atoms with Crippen molar-refractivity contribution in [3.05, 3.63) is 218 Å². The maximum atomic E-state index is 18.2. The summed E-state index contributed by atoms with van der Waals surface area (Å²) in [6.45, 7) is 0. The molecular formula is C62H41FN12O. The van der Waals surface area contributed by atoms with E-state index in [1.165, 1.54) is 0 Å². The molecule has 0 saturated heterocycles. The molecular weight excluding hydrogens is 948 g/mol. The van der Waals surface area contributed by atoms with Crippen LogP contribution in [0.1, 0.15) is 0 Å². The number of halogens is 1. The molecule has 5 heterocycles. The van der Waals surface area contributed by atoms with Crippen molar-refractivity contribution in [3.8, 4) is 57.1 Å². The van der Waals surface area contributed by atoms with Crippen molar-refractivity contribution < 1.29 is 9.13 Å². The van der Waals surface area contributed by atoms with Crippen LogP contribution >= 0.6 is 0 Å².